The minimum absolute atomic E-state index is 0.00548. The standard InChI is InChI=1S/C20H20N2O3/c1-14-11-16(12-18(25-14)9-10-20(2,3)4)19(13-21)15-5-7-17(8-6-15)22(23)24/h5-12H,1-4H3/b10-9+,19-16-. The summed E-state index contributed by atoms with van der Waals surface area (Å²) in [6.45, 7) is 8.08. The fourth-order valence-electron chi connectivity index (χ4n) is 2.26. The quantitative estimate of drug-likeness (QED) is 0.427. The molecule has 0 spiro atoms. The molecule has 0 amide bonds. The molecular weight excluding hydrogens is 316 g/mol. The summed E-state index contributed by atoms with van der Waals surface area (Å²) in [6, 6.07) is 8.15. The largest absolute Gasteiger partial charge is 0.462 e. The van der Waals surface area contributed by atoms with E-state index in [1.807, 2.05) is 19.1 Å². The molecule has 25 heavy (non-hydrogen) atoms. The summed E-state index contributed by atoms with van der Waals surface area (Å²) in [5, 5.41) is 20.4. The minimum Gasteiger partial charge on any atom is -0.462 e. The summed E-state index contributed by atoms with van der Waals surface area (Å²) >= 11 is 0. The van der Waals surface area contributed by atoms with Gasteiger partial charge in [0.05, 0.1) is 10.5 Å². The predicted molar refractivity (Wildman–Crippen MR) is 97.1 cm³/mol. The first-order valence-corrected chi connectivity index (χ1v) is 7.86. The van der Waals surface area contributed by atoms with Crippen LogP contribution < -0.4 is 0 Å². The Kier molecular flexibility index (Phi) is 5.23. The maximum atomic E-state index is 10.8. The summed E-state index contributed by atoms with van der Waals surface area (Å²) in [4.78, 5) is 10.3. The van der Waals surface area contributed by atoms with Gasteiger partial charge in [0.25, 0.3) is 5.69 Å². The molecule has 0 saturated heterocycles. The van der Waals surface area contributed by atoms with Gasteiger partial charge in [-0.3, -0.25) is 10.1 Å². The first kappa shape index (κ1) is 18.2. The molecule has 0 radical (unpaired) electrons. The normalized spacial score (nSPS) is 16.6. The molecule has 5 heteroatoms. The molecule has 1 aliphatic heterocycles. The molecule has 0 bridgehead atoms. The van der Waals surface area contributed by atoms with Crippen LogP contribution in [-0.2, 0) is 4.74 Å². The molecule has 0 saturated carbocycles. The SMILES string of the molecule is CC1=C/C(=C(\C#N)c2ccc([N+](=O)[O-])cc2)C=C(/C=C/C(C)(C)C)O1. The highest BCUT2D eigenvalue weighted by atomic mass is 16.6. The summed E-state index contributed by atoms with van der Waals surface area (Å²) in [5.74, 6) is 1.33. The van der Waals surface area contributed by atoms with Gasteiger partial charge >= 0.3 is 0 Å². The van der Waals surface area contributed by atoms with Crippen LogP contribution in [0, 0.1) is 26.9 Å². The first-order valence-electron chi connectivity index (χ1n) is 7.86. The van der Waals surface area contributed by atoms with Crippen LogP contribution in [-0.4, -0.2) is 4.92 Å². The summed E-state index contributed by atoms with van der Waals surface area (Å²) in [7, 11) is 0. The van der Waals surface area contributed by atoms with Crippen molar-refractivity contribution in [3.63, 3.8) is 0 Å². The van der Waals surface area contributed by atoms with E-state index < -0.39 is 4.92 Å². The van der Waals surface area contributed by atoms with Crippen molar-refractivity contribution in [1.82, 2.24) is 0 Å². The number of allylic oxidation sites excluding steroid dienone is 7. The van der Waals surface area contributed by atoms with Crippen molar-refractivity contribution in [2.45, 2.75) is 27.7 Å². The van der Waals surface area contributed by atoms with Gasteiger partial charge in [-0.25, -0.2) is 0 Å². The van der Waals surface area contributed by atoms with E-state index in [0.29, 0.717) is 28.2 Å². The lowest BCUT2D eigenvalue weighted by molar-refractivity contribution is -0.384. The minimum atomic E-state index is -0.462. The number of nitrogens with zero attached hydrogens (tertiary/aromatic N) is 2. The molecule has 1 aromatic rings. The van der Waals surface area contributed by atoms with E-state index in [1.165, 1.54) is 12.1 Å². The van der Waals surface area contributed by atoms with Gasteiger partial charge in [-0.1, -0.05) is 26.8 Å². The van der Waals surface area contributed by atoms with Gasteiger partial charge in [0, 0.05) is 12.1 Å². The molecule has 2 rings (SSSR count). The van der Waals surface area contributed by atoms with E-state index in [4.69, 9.17) is 4.74 Å². The van der Waals surface area contributed by atoms with Crippen molar-refractivity contribution in [2.75, 3.05) is 0 Å². The molecule has 0 N–H and O–H groups in total. The lowest BCUT2D eigenvalue weighted by Gasteiger charge is -2.17. The highest BCUT2D eigenvalue weighted by Crippen LogP contribution is 2.28. The number of nitro benzene ring substituents is 1. The van der Waals surface area contributed by atoms with Gasteiger partial charge in [-0.2, -0.15) is 5.26 Å². The molecule has 1 heterocycles. The second-order valence-corrected chi connectivity index (χ2v) is 6.85. The van der Waals surface area contributed by atoms with E-state index in [0.717, 1.165) is 0 Å². The molecule has 128 valence electrons. The van der Waals surface area contributed by atoms with Gasteiger partial charge in [0.15, 0.2) is 0 Å². The Morgan fingerprint density at radius 3 is 2.40 bits per heavy atom. The molecule has 0 aromatic heterocycles. The van der Waals surface area contributed by atoms with Crippen molar-refractivity contribution < 1.29 is 9.66 Å². The van der Waals surface area contributed by atoms with Crippen LogP contribution in [0.4, 0.5) is 5.69 Å². The van der Waals surface area contributed by atoms with Crippen LogP contribution in [0.3, 0.4) is 0 Å². The number of nitro groups is 1. The topological polar surface area (TPSA) is 76.2 Å². The second-order valence-electron chi connectivity index (χ2n) is 6.85. The Morgan fingerprint density at radius 2 is 1.88 bits per heavy atom. The van der Waals surface area contributed by atoms with Crippen LogP contribution in [0.1, 0.15) is 33.3 Å². The van der Waals surface area contributed by atoms with Crippen LogP contribution in [0.25, 0.3) is 5.57 Å². The van der Waals surface area contributed by atoms with Gasteiger partial charge in [-0.05, 0) is 53.8 Å². The number of hydrogen-bond acceptors (Lipinski definition) is 4. The molecule has 0 unspecified atom stereocenters. The van der Waals surface area contributed by atoms with Gasteiger partial charge < -0.3 is 4.74 Å². The Morgan fingerprint density at radius 1 is 1.24 bits per heavy atom. The lowest BCUT2D eigenvalue weighted by Crippen LogP contribution is -2.02. The monoisotopic (exact) mass is 336 g/mol. The molecule has 5 nitrogen and oxygen atoms in total. The molecule has 0 aliphatic carbocycles. The Hall–Kier alpha value is -3.13. The fraction of sp³-hybridized carbons (Fsp3) is 0.250. The molecule has 1 aromatic carbocycles. The number of nitriles is 1. The van der Waals surface area contributed by atoms with Crippen LogP contribution in [0.15, 0.2) is 65.7 Å². The van der Waals surface area contributed by atoms with Crippen LogP contribution in [0.5, 0.6) is 0 Å². The maximum absolute atomic E-state index is 10.8. The van der Waals surface area contributed by atoms with E-state index in [9.17, 15) is 15.4 Å². The molecular formula is C20H20N2O3. The third-order valence-corrected chi connectivity index (χ3v) is 3.45. The van der Waals surface area contributed by atoms with E-state index in [-0.39, 0.29) is 11.1 Å². The molecule has 0 atom stereocenters. The summed E-state index contributed by atoms with van der Waals surface area (Å²) < 4.78 is 5.70. The Bertz CT molecular complexity index is 842. The third-order valence-electron chi connectivity index (χ3n) is 3.45. The first-order chi connectivity index (χ1) is 11.7. The Balaban J connectivity index is 2.46. The van der Waals surface area contributed by atoms with Crippen molar-refractivity contribution in [3.05, 3.63) is 81.3 Å². The molecule has 1 aliphatic rings. The number of non-ortho nitro benzene ring substituents is 1. The zero-order valence-corrected chi connectivity index (χ0v) is 14.7. The summed E-state index contributed by atoms with van der Waals surface area (Å²) in [5.41, 5.74) is 1.80. The maximum Gasteiger partial charge on any atom is 0.269 e. The fourth-order valence-corrected chi connectivity index (χ4v) is 2.26. The Labute approximate surface area is 147 Å². The van der Waals surface area contributed by atoms with Crippen molar-refractivity contribution in [3.8, 4) is 6.07 Å². The molecule has 0 fully saturated rings. The average Bonchev–Trinajstić information content (AvgIpc) is 2.53. The highest BCUT2D eigenvalue weighted by Gasteiger charge is 2.14. The van der Waals surface area contributed by atoms with Crippen molar-refractivity contribution >= 4 is 11.3 Å². The van der Waals surface area contributed by atoms with Gasteiger partial charge in [0.2, 0.25) is 0 Å². The summed E-state index contributed by atoms with van der Waals surface area (Å²) in [6.07, 6.45) is 7.51. The zero-order valence-electron chi connectivity index (χ0n) is 14.7. The van der Waals surface area contributed by atoms with E-state index >= 15 is 0 Å². The van der Waals surface area contributed by atoms with E-state index in [1.54, 1.807) is 24.3 Å². The van der Waals surface area contributed by atoms with Gasteiger partial charge in [-0.15, -0.1) is 0 Å². The number of ether oxygens (including phenoxy) is 1. The lowest BCUT2D eigenvalue weighted by atomic mass is 9.95. The van der Waals surface area contributed by atoms with Crippen molar-refractivity contribution in [2.24, 2.45) is 5.41 Å². The second kappa shape index (κ2) is 7.18. The number of benzene rings is 1. The van der Waals surface area contributed by atoms with Crippen LogP contribution in [0.2, 0.25) is 0 Å². The van der Waals surface area contributed by atoms with E-state index in [2.05, 4.69) is 26.8 Å². The third kappa shape index (κ3) is 4.92. The van der Waals surface area contributed by atoms with Gasteiger partial charge in [0.1, 0.15) is 17.6 Å². The number of hydrogen-bond donors (Lipinski definition) is 0. The smallest absolute Gasteiger partial charge is 0.269 e. The van der Waals surface area contributed by atoms with Crippen LogP contribution >= 0.6 is 0 Å². The highest BCUT2D eigenvalue weighted by molar-refractivity contribution is 5.83. The average molecular weight is 336 g/mol. The zero-order chi connectivity index (χ0) is 18.6. The predicted octanol–water partition coefficient (Wildman–Crippen LogP) is 5.29. The number of rotatable bonds is 3. The van der Waals surface area contributed by atoms with Crippen molar-refractivity contribution in [1.29, 1.82) is 5.26 Å².